The van der Waals surface area contributed by atoms with E-state index < -0.39 is 6.10 Å². The van der Waals surface area contributed by atoms with Gasteiger partial charge in [0.15, 0.2) is 0 Å². The van der Waals surface area contributed by atoms with Crippen molar-refractivity contribution in [1.82, 2.24) is 9.80 Å². The van der Waals surface area contributed by atoms with Crippen molar-refractivity contribution in [2.75, 3.05) is 40.8 Å². The molecule has 0 aromatic heterocycles. The lowest BCUT2D eigenvalue weighted by molar-refractivity contribution is 0.121. The van der Waals surface area contributed by atoms with E-state index in [1.165, 1.54) is 0 Å². The molecule has 2 rings (SSSR count). The molecule has 1 saturated heterocycles. The zero-order valence-corrected chi connectivity index (χ0v) is 12.9. The number of benzene rings is 1. The Morgan fingerprint density at radius 2 is 2.15 bits per heavy atom. The Morgan fingerprint density at radius 1 is 1.40 bits per heavy atom. The number of methoxy groups -OCH3 is 1. The van der Waals surface area contributed by atoms with E-state index in [4.69, 9.17) is 4.74 Å². The molecule has 1 aliphatic rings. The normalized spacial score (nSPS) is 25.1. The number of likely N-dealkylation sites (N-methyl/N-ethyl adjacent to an activating group) is 1. The van der Waals surface area contributed by atoms with E-state index in [2.05, 4.69) is 30.8 Å². The molecule has 1 heterocycles. The second-order valence-corrected chi connectivity index (χ2v) is 6.02. The molecule has 0 bridgehead atoms. The Labute approximate surface area is 122 Å². The number of β-amino-alcohol motifs (C(OH)–C–C–N with tert-alkyl or cyclic N) is 1. The first-order valence-corrected chi connectivity index (χ1v) is 7.22. The zero-order chi connectivity index (χ0) is 14.7. The van der Waals surface area contributed by atoms with Crippen LogP contribution >= 0.6 is 0 Å². The van der Waals surface area contributed by atoms with Crippen LogP contribution in [0, 0.1) is 5.92 Å². The molecule has 1 fully saturated rings. The average molecular weight is 278 g/mol. The second kappa shape index (κ2) is 6.57. The van der Waals surface area contributed by atoms with Gasteiger partial charge in [0.1, 0.15) is 5.75 Å². The summed E-state index contributed by atoms with van der Waals surface area (Å²) in [4.78, 5) is 4.63. The SMILES string of the molecule is COc1cccc(C(O)CN2CC(C)C(N(C)C)C2)c1. The Balaban J connectivity index is 1.96. The standard InChI is InChI=1S/C16H26N2O2/c1-12-9-18(10-15(12)17(2)3)11-16(19)13-6-5-7-14(8-13)20-4/h5-8,12,15-16,19H,9-11H2,1-4H3. The highest BCUT2D eigenvalue weighted by molar-refractivity contribution is 5.29. The lowest BCUT2D eigenvalue weighted by Gasteiger charge is -2.23. The number of hydrogen-bond acceptors (Lipinski definition) is 4. The Kier molecular flexibility index (Phi) is 5.02. The summed E-state index contributed by atoms with van der Waals surface area (Å²) < 4.78 is 5.21. The summed E-state index contributed by atoms with van der Waals surface area (Å²) in [5.74, 6) is 1.44. The molecule has 1 aliphatic heterocycles. The van der Waals surface area contributed by atoms with Gasteiger partial charge < -0.3 is 14.7 Å². The number of likely N-dealkylation sites (tertiary alicyclic amines) is 1. The molecular weight excluding hydrogens is 252 g/mol. The van der Waals surface area contributed by atoms with E-state index in [-0.39, 0.29) is 0 Å². The van der Waals surface area contributed by atoms with Crippen LogP contribution in [0.5, 0.6) is 5.75 Å². The molecule has 20 heavy (non-hydrogen) atoms. The summed E-state index contributed by atoms with van der Waals surface area (Å²) in [7, 11) is 5.90. The summed E-state index contributed by atoms with van der Waals surface area (Å²) in [5, 5.41) is 10.4. The van der Waals surface area contributed by atoms with Gasteiger partial charge in [-0.25, -0.2) is 0 Å². The predicted molar refractivity (Wildman–Crippen MR) is 81.0 cm³/mol. The summed E-state index contributed by atoms with van der Waals surface area (Å²) in [6, 6.07) is 8.26. The maximum atomic E-state index is 10.4. The van der Waals surface area contributed by atoms with E-state index in [1.54, 1.807) is 7.11 Å². The zero-order valence-electron chi connectivity index (χ0n) is 12.9. The molecule has 0 aliphatic carbocycles. The second-order valence-electron chi connectivity index (χ2n) is 6.02. The van der Waals surface area contributed by atoms with Gasteiger partial charge in [0.2, 0.25) is 0 Å². The molecule has 1 aromatic carbocycles. The van der Waals surface area contributed by atoms with E-state index in [0.29, 0.717) is 18.5 Å². The van der Waals surface area contributed by atoms with Crippen LogP contribution in [-0.4, -0.2) is 61.8 Å². The predicted octanol–water partition coefficient (Wildman–Crippen LogP) is 1.61. The van der Waals surface area contributed by atoms with Crippen molar-refractivity contribution in [1.29, 1.82) is 0 Å². The number of aliphatic hydroxyl groups excluding tert-OH is 1. The van der Waals surface area contributed by atoms with Crippen LogP contribution in [0.2, 0.25) is 0 Å². The Bertz CT molecular complexity index is 436. The van der Waals surface area contributed by atoms with Crippen LogP contribution in [0.25, 0.3) is 0 Å². The molecule has 1 N–H and O–H groups in total. The Morgan fingerprint density at radius 3 is 2.75 bits per heavy atom. The van der Waals surface area contributed by atoms with Crippen molar-refractivity contribution in [3.05, 3.63) is 29.8 Å². The van der Waals surface area contributed by atoms with E-state index in [1.807, 2.05) is 24.3 Å². The lowest BCUT2D eigenvalue weighted by Crippen LogP contribution is -2.35. The smallest absolute Gasteiger partial charge is 0.119 e. The molecule has 3 atom stereocenters. The van der Waals surface area contributed by atoms with Gasteiger partial charge in [-0.3, -0.25) is 4.90 Å². The third-order valence-corrected chi connectivity index (χ3v) is 4.22. The minimum Gasteiger partial charge on any atom is -0.497 e. The highest BCUT2D eigenvalue weighted by Crippen LogP contribution is 2.24. The van der Waals surface area contributed by atoms with Crippen molar-refractivity contribution in [3.8, 4) is 5.75 Å². The molecule has 3 unspecified atom stereocenters. The fourth-order valence-corrected chi connectivity index (χ4v) is 3.07. The molecule has 4 nitrogen and oxygen atoms in total. The van der Waals surface area contributed by atoms with Crippen LogP contribution in [0.4, 0.5) is 0 Å². The van der Waals surface area contributed by atoms with Crippen LogP contribution in [0.3, 0.4) is 0 Å². The maximum Gasteiger partial charge on any atom is 0.119 e. The van der Waals surface area contributed by atoms with Crippen molar-refractivity contribution in [3.63, 3.8) is 0 Å². The average Bonchev–Trinajstić information content (AvgIpc) is 2.79. The van der Waals surface area contributed by atoms with Crippen LogP contribution in [0.1, 0.15) is 18.6 Å². The van der Waals surface area contributed by atoms with E-state index in [9.17, 15) is 5.11 Å². The van der Waals surface area contributed by atoms with Crippen LogP contribution < -0.4 is 4.74 Å². The third kappa shape index (κ3) is 3.51. The van der Waals surface area contributed by atoms with Gasteiger partial charge in [-0.05, 0) is 37.7 Å². The van der Waals surface area contributed by atoms with Gasteiger partial charge in [-0.2, -0.15) is 0 Å². The van der Waals surface area contributed by atoms with Crippen molar-refractivity contribution < 1.29 is 9.84 Å². The molecule has 0 amide bonds. The topological polar surface area (TPSA) is 35.9 Å². The van der Waals surface area contributed by atoms with Gasteiger partial charge >= 0.3 is 0 Å². The summed E-state index contributed by atoms with van der Waals surface area (Å²) in [6.07, 6.45) is -0.460. The van der Waals surface area contributed by atoms with Crippen LogP contribution in [0.15, 0.2) is 24.3 Å². The molecular formula is C16H26N2O2. The lowest BCUT2D eigenvalue weighted by atomic mass is 10.1. The quantitative estimate of drug-likeness (QED) is 0.888. The van der Waals surface area contributed by atoms with E-state index in [0.717, 1.165) is 24.4 Å². The minimum absolute atomic E-state index is 0.460. The number of aliphatic hydroxyl groups is 1. The summed E-state index contributed by atoms with van der Waals surface area (Å²) in [6.45, 7) is 5.03. The molecule has 0 radical (unpaired) electrons. The summed E-state index contributed by atoms with van der Waals surface area (Å²) in [5.41, 5.74) is 0.922. The van der Waals surface area contributed by atoms with Crippen molar-refractivity contribution in [2.45, 2.75) is 19.1 Å². The number of nitrogens with zero attached hydrogens (tertiary/aromatic N) is 2. The highest BCUT2D eigenvalue weighted by atomic mass is 16.5. The monoisotopic (exact) mass is 278 g/mol. The van der Waals surface area contributed by atoms with Gasteiger partial charge in [0.05, 0.1) is 13.2 Å². The fraction of sp³-hybridized carbons (Fsp3) is 0.625. The van der Waals surface area contributed by atoms with Crippen molar-refractivity contribution in [2.24, 2.45) is 5.92 Å². The van der Waals surface area contributed by atoms with Gasteiger partial charge in [-0.15, -0.1) is 0 Å². The molecule has 0 spiro atoms. The van der Waals surface area contributed by atoms with Crippen molar-refractivity contribution >= 4 is 0 Å². The minimum atomic E-state index is -0.460. The fourth-order valence-electron chi connectivity index (χ4n) is 3.07. The molecule has 4 heteroatoms. The molecule has 1 aromatic rings. The van der Waals surface area contributed by atoms with Gasteiger partial charge in [0.25, 0.3) is 0 Å². The number of rotatable bonds is 5. The first-order valence-electron chi connectivity index (χ1n) is 7.22. The summed E-state index contributed by atoms with van der Waals surface area (Å²) >= 11 is 0. The largest absolute Gasteiger partial charge is 0.497 e. The highest BCUT2D eigenvalue weighted by Gasteiger charge is 2.31. The maximum absolute atomic E-state index is 10.4. The van der Waals surface area contributed by atoms with E-state index >= 15 is 0 Å². The number of ether oxygens (including phenoxy) is 1. The van der Waals surface area contributed by atoms with Gasteiger partial charge in [0, 0.05) is 25.7 Å². The first-order chi connectivity index (χ1) is 9.51. The van der Waals surface area contributed by atoms with Gasteiger partial charge in [-0.1, -0.05) is 19.1 Å². The number of hydrogen-bond donors (Lipinski definition) is 1. The molecule has 112 valence electrons. The van der Waals surface area contributed by atoms with Crippen LogP contribution in [-0.2, 0) is 0 Å². The third-order valence-electron chi connectivity index (χ3n) is 4.22. The first kappa shape index (κ1) is 15.3. The Hall–Kier alpha value is -1.10. The molecule has 0 saturated carbocycles.